The third-order valence-electron chi connectivity index (χ3n) is 5.40. The number of furan rings is 1. The van der Waals surface area contributed by atoms with Crippen LogP contribution in [0.2, 0.25) is 0 Å². The van der Waals surface area contributed by atoms with Crippen LogP contribution in [0.4, 0.5) is 5.82 Å². The lowest BCUT2D eigenvalue weighted by Gasteiger charge is -2.23. The van der Waals surface area contributed by atoms with Crippen molar-refractivity contribution in [1.82, 2.24) is 14.9 Å². The van der Waals surface area contributed by atoms with Crippen LogP contribution in [0.25, 0.3) is 0 Å². The molecule has 1 unspecified atom stereocenters. The van der Waals surface area contributed by atoms with Crippen molar-refractivity contribution in [3.05, 3.63) is 83.4 Å². The number of nitrogens with zero attached hydrogens (tertiary/aromatic N) is 4. The lowest BCUT2D eigenvalue weighted by molar-refractivity contribution is -0.134. The van der Waals surface area contributed by atoms with Gasteiger partial charge in [0.25, 0.3) is 5.91 Å². The molecule has 33 heavy (non-hydrogen) atoms. The van der Waals surface area contributed by atoms with Gasteiger partial charge in [0, 0.05) is 12.1 Å². The van der Waals surface area contributed by atoms with Crippen molar-refractivity contribution in [2.45, 2.75) is 26.3 Å². The summed E-state index contributed by atoms with van der Waals surface area (Å²) in [6, 6.07) is 16.8. The smallest absolute Gasteiger partial charge is 0.257 e. The number of benzene rings is 1. The largest absolute Gasteiger partial charge is 0.467 e. The Bertz CT molecular complexity index is 1160. The van der Waals surface area contributed by atoms with E-state index < -0.39 is 0 Å². The molecular formula is C25H27N5O3. The molecule has 0 spiro atoms. The highest BCUT2D eigenvalue weighted by molar-refractivity contribution is 6.03. The molecule has 0 bridgehead atoms. The van der Waals surface area contributed by atoms with Crippen LogP contribution in [-0.2, 0) is 9.59 Å². The zero-order chi connectivity index (χ0) is 23.4. The molecule has 0 saturated carbocycles. The van der Waals surface area contributed by atoms with E-state index in [1.807, 2.05) is 56.3 Å². The maximum Gasteiger partial charge on any atom is 0.257 e. The molecule has 2 amide bonds. The number of carbonyl (C=O) groups excluding carboxylic acids is 2. The van der Waals surface area contributed by atoms with E-state index in [-0.39, 0.29) is 30.9 Å². The average molecular weight is 446 g/mol. The molecule has 0 aliphatic carbocycles. The number of amides is 2. The first-order chi connectivity index (χ1) is 15.9. The van der Waals surface area contributed by atoms with Crippen LogP contribution in [0, 0.1) is 13.8 Å². The maximum atomic E-state index is 13.2. The van der Waals surface area contributed by atoms with Crippen LogP contribution in [-0.4, -0.2) is 52.6 Å². The average Bonchev–Trinajstić information content (AvgIpc) is 3.44. The number of pyridine rings is 1. The number of carbonyl (C=O) groups is 2. The molecule has 1 aromatic carbocycles. The summed E-state index contributed by atoms with van der Waals surface area (Å²) < 4.78 is 5.59. The normalized spacial score (nSPS) is 15.6. The molecule has 1 aliphatic rings. The van der Waals surface area contributed by atoms with Gasteiger partial charge in [-0.1, -0.05) is 35.9 Å². The van der Waals surface area contributed by atoms with Crippen molar-refractivity contribution in [2.24, 2.45) is 5.10 Å². The van der Waals surface area contributed by atoms with E-state index in [4.69, 9.17) is 4.42 Å². The van der Waals surface area contributed by atoms with Crippen molar-refractivity contribution in [2.75, 3.05) is 25.5 Å². The summed E-state index contributed by atoms with van der Waals surface area (Å²) in [6.07, 6.45) is 2.16. The van der Waals surface area contributed by atoms with E-state index in [0.29, 0.717) is 18.0 Å². The Morgan fingerprint density at radius 2 is 1.88 bits per heavy atom. The van der Waals surface area contributed by atoms with E-state index in [1.54, 1.807) is 30.3 Å². The molecule has 1 aliphatic heterocycles. The number of aryl methyl sites for hydroxylation is 2. The molecule has 1 N–H and O–H groups in total. The number of anilines is 1. The number of rotatable bonds is 7. The predicted molar refractivity (Wildman–Crippen MR) is 126 cm³/mol. The summed E-state index contributed by atoms with van der Waals surface area (Å²) in [5, 5.41) is 8.88. The standard InChI is InChI=1S/C25H27N5O3/c1-17-9-11-19(12-10-17)20-14-21(22-7-5-13-33-22)30(28-20)25(32)16-29(3)15-24(31)27-23-8-4-6-18(2)26-23/h4-13,21H,14-16H2,1-3H3,(H,26,27,31). The summed E-state index contributed by atoms with van der Waals surface area (Å²) >= 11 is 0. The summed E-state index contributed by atoms with van der Waals surface area (Å²) in [5.74, 6) is 0.725. The first-order valence-electron chi connectivity index (χ1n) is 10.8. The minimum atomic E-state index is -0.317. The van der Waals surface area contributed by atoms with Gasteiger partial charge in [0.1, 0.15) is 17.6 Å². The highest BCUT2D eigenvalue weighted by atomic mass is 16.3. The van der Waals surface area contributed by atoms with Gasteiger partial charge < -0.3 is 9.73 Å². The Labute approximate surface area is 192 Å². The third kappa shape index (κ3) is 5.53. The molecule has 4 rings (SSSR count). The number of likely N-dealkylation sites (N-methyl/N-ethyl adjacent to an activating group) is 1. The van der Waals surface area contributed by atoms with Gasteiger partial charge >= 0.3 is 0 Å². The Balaban J connectivity index is 1.43. The monoisotopic (exact) mass is 445 g/mol. The van der Waals surface area contributed by atoms with Crippen LogP contribution < -0.4 is 5.32 Å². The quantitative estimate of drug-likeness (QED) is 0.601. The topological polar surface area (TPSA) is 91.0 Å². The number of nitrogens with one attached hydrogen (secondary N) is 1. The lowest BCUT2D eigenvalue weighted by Crippen LogP contribution is -2.39. The molecule has 0 radical (unpaired) electrons. The van der Waals surface area contributed by atoms with Gasteiger partial charge in [-0.15, -0.1) is 0 Å². The Morgan fingerprint density at radius 1 is 1.09 bits per heavy atom. The third-order valence-corrected chi connectivity index (χ3v) is 5.40. The number of hydrogen-bond donors (Lipinski definition) is 1. The van der Waals surface area contributed by atoms with Gasteiger partial charge in [-0.05, 0) is 50.7 Å². The molecule has 8 nitrogen and oxygen atoms in total. The Morgan fingerprint density at radius 3 is 2.58 bits per heavy atom. The minimum absolute atomic E-state index is 0.0382. The molecular weight excluding hydrogens is 418 g/mol. The zero-order valence-corrected chi connectivity index (χ0v) is 19.0. The number of hydrogen-bond acceptors (Lipinski definition) is 6. The van der Waals surface area contributed by atoms with Crippen molar-refractivity contribution in [3.8, 4) is 0 Å². The van der Waals surface area contributed by atoms with Crippen LogP contribution >= 0.6 is 0 Å². The Hall–Kier alpha value is -3.78. The number of hydrazone groups is 1. The fourth-order valence-corrected chi connectivity index (χ4v) is 3.76. The van der Waals surface area contributed by atoms with E-state index >= 15 is 0 Å². The molecule has 170 valence electrons. The van der Waals surface area contributed by atoms with Crippen LogP contribution in [0.5, 0.6) is 0 Å². The molecule has 8 heteroatoms. The van der Waals surface area contributed by atoms with Gasteiger partial charge in [0.2, 0.25) is 5.91 Å². The van der Waals surface area contributed by atoms with Crippen molar-refractivity contribution >= 4 is 23.3 Å². The lowest BCUT2D eigenvalue weighted by atomic mass is 10.0. The van der Waals surface area contributed by atoms with Crippen LogP contribution in [0.3, 0.4) is 0 Å². The van der Waals surface area contributed by atoms with Gasteiger partial charge in [-0.2, -0.15) is 5.10 Å². The van der Waals surface area contributed by atoms with Gasteiger partial charge in [-0.25, -0.2) is 9.99 Å². The highest BCUT2D eigenvalue weighted by Gasteiger charge is 2.35. The van der Waals surface area contributed by atoms with Gasteiger partial charge in [-0.3, -0.25) is 14.5 Å². The van der Waals surface area contributed by atoms with E-state index in [0.717, 1.165) is 22.5 Å². The molecule has 0 fully saturated rings. The van der Waals surface area contributed by atoms with Crippen LogP contribution in [0.15, 0.2) is 70.4 Å². The highest BCUT2D eigenvalue weighted by Crippen LogP contribution is 2.33. The van der Waals surface area contributed by atoms with Crippen molar-refractivity contribution in [3.63, 3.8) is 0 Å². The molecule has 0 saturated heterocycles. The first-order valence-corrected chi connectivity index (χ1v) is 10.8. The zero-order valence-electron chi connectivity index (χ0n) is 19.0. The summed E-state index contributed by atoms with van der Waals surface area (Å²) in [6.45, 7) is 3.98. The molecule has 1 atom stereocenters. The minimum Gasteiger partial charge on any atom is -0.467 e. The van der Waals surface area contributed by atoms with E-state index in [2.05, 4.69) is 15.4 Å². The van der Waals surface area contributed by atoms with Gasteiger partial charge in [0.15, 0.2) is 0 Å². The summed E-state index contributed by atoms with van der Waals surface area (Å²) in [4.78, 5) is 31.5. The summed E-state index contributed by atoms with van der Waals surface area (Å²) in [7, 11) is 1.73. The SMILES string of the molecule is Cc1ccc(C2=NN(C(=O)CN(C)CC(=O)Nc3cccc(C)n3)C(c3ccco3)C2)cc1. The summed E-state index contributed by atoms with van der Waals surface area (Å²) in [5.41, 5.74) is 3.78. The second-order valence-corrected chi connectivity index (χ2v) is 8.27. The molecule has 3 heterocycles. The van der Waals surface area contributed by atoms with E-state index in [1.165, 1.54) is 5.01 Å². The van der Waals surface area contributed by atoms with Crippen LogP contribution in [0.1, 0.15) is 35.0 Å². The van der Waals surface area contributed by atoms with Gasteiger partial charge in [0.05, 0.1) is 25.1 Å². The predicted octanol–water partition coefficient (Wildman–Crippen LogP) is 3.54. The second-order valence-electron chi connectivity index (χ2n) is 8.27. The maximum absolute atomic E-state index is 13.2. The van der Waals surface area contributed by atoms with E-state index in [9.17, 15) is 9.59 Å². The fraction of sp³-hybridized carbons (Fsp3) is 0.280. The Kier molecular flexibility index (Phi) is 6.65. The van der Waals surface area contributed by atoms with Crippen molar-refractivity contribution < 1.29 is 14.0 Å². The van der Waals surface area contributed by atoms with Crippen molar-refractivity contribution in [1.29, 1.82) is 0 Å². The first kappa shape index (κ1) is 22.4. The fourth-order valence-electron chi connectivity index (χ4n) is 3.76. The number of aromatic nitrogens is 1. The second kappa shape index (κ2) is 9.79. The molecule has 3 aromatic rings. The molecule has 2 aromatic heterocycles.